The molecule has 8 heteroatoms. The summed E-state index contributed by atoms with van der Waals surface area (Å²) < 4.78 is 64.6. The molecule has 0 aliphatic heterocycles. The molecule has 0 aromatic heterocycles. The van der Waals surface area contributed by atoms with Crippen molar-refractivity contribution in [1.82, 2.24) is 4.31 Å². The molecule has 0 atom stereocenters. The molecule has 20 heavy (non-hydrogen) atoms. The van der Waals surface area contributed by atoms with Gasteiger partial charge in [-0.3, -0.25) is 0 Å². The summed E-state index contributed by atoms with van der Waals surface area (Å²) in [5.74, 6) is -4.98. The van der Waals surface area contributed by atoms with Gasteiger partial charge in [-0.15, -0.1) is 0 Å². The van der Waals surface area contributed by atoms with E-state index in [4.69, 9.17) is 5.11 Å². The van der Waals surface area contributed by atoms with Crippen molar-refractivity contribution in [3.8, 4) is 0 Å². The van der Waals surface area contributed by atoms with Gasteiger partial charge in [0, 0.05) is 13.6 Å². The van der Waals surface area contributed by atoms with Crippen LogP contribution in [0.15, 0.2) is 17.0 Å². The first-order chi connectivity index (χ1) is 9.23. The molecule has 1 aromatic carbocycles. The normalized spacial score (nSPS) is 22.9. The Hall–Kier alpha value is -1.12. The zero-order valence-corrected chi connectivity index (χ0v) is 11.5. The first-order valence-electron chi connectivity index (χ1n) is 6.01. The van der Waals surface area contributed by atoms with Gasteiger partial charge in [0.05, 0.1) is 6.10 Å². The molecule has 0 unspecified atom stereocenters. The summed E-state index contributed by atoms with van der Waals surface area (Å²) in [5.41, 5.74) is 0. The van der Waals surface area contributed by atoms with Crippen LogP contribution in [0.25, 0.3) is 0 Å². The van der Waals surface area contributed by atoms with E-state index in [0.29, 0.717) is 25.0 Å². The minimum absolute atomic E-state index is 0.0156. The topological polar surface area (TPSA) is 57.6 Å². The zero-order chi connectivity index (χ0) is 15.1. The van der Waals surface area contributed by atoms with Gasteiger partial charge in [0.25, 0.3) is 0 Å². The Kier molecular flexibility index (Phi) is 4.08. The van der Waals surface area contributed by atoms with Crippen LogP contribution < -0.4 is 0 Å². The molecular formula is C12H14F3NO3S. The lowest BCUT2D eigenvalue weighted by atomic mass is 9.82. The van der Waals surface area contributed by atoms with E-state index in [0.717, 1.165) is 4.31 Å². The van der Waals surface area contributed by atoms with E-state index < -0.39 is 38.5 Å². The summed E-state index contributed by atoms with van der Waals surface area (Å²) in [4.78, 5) is -0.890. The highest BCUT2D eigenvalue weighted by atomic mass is 32.2. The smallest absolute Gasteiger partial charge is 0.245 e. The van der Waals surface area contributed by atoms with Crippen molar-refractivity contribution >= 4 is 10.0 Å². The lowest BCUT2D eigenvalue weighted by molar-refractivity contribution is 0.0367. The molecule has 1 fully saturated rings. The van der Waals surface area contributed by atoms with Gasteiger partial charge in [-0.25, -0.2) is 25.9 Å². The van der Waals surface area contributed by atoms with Crippen molar-refractivity contribution in [3.63, 3.8) is 0 Å². The van der Waals surface area contributed by atoms with Gasteiger partial charge in [-0.2, -0.15) is 0 Å². The molecule has 2 rings (SSSR count). The van der Waals surface area contributed by atoms with Crippen LogP contribution in [0.4, 0.5) is 13.2 Å². The van der Waals surface area contributed by atoms with E-state index in [1.165, 1.54) is 7.05 Å². The lowest BCUT2D eigenvalue weighted by Gasteiger charge is -2.34. The summed E-state index contributed by atoms with van der Waals surface area (Å²) in [6.07, 6.45) is 0.511. The fraction of sp³-hybridized carbons (Fsp3) is 0.500. The van der Waals surface area contributed by atoms with Crippen LogP contribution in [0, 0.1) is 23.4 Å². The minimum atomic E-state index is -4.23. The number of rotatable bonds is 4. The van der Waals surface area contributed by atoms with Gasteiger partial charge in [-0.05, 0) is 30.9 Å². The SMILES string of the molecule is CN(CC1CC(O)C1)S(=O)(=O)c1ccc(F)c(F)c1F. The molecule has 1 saturated carbocycles. The van der Waals surface area contributed by atoms with E-state index in [-0.39, 0.29) is 12.5 Å². The Morgan fingerprint density at radius 3 is 2.40 bits per heavy atom. The highest BCUT2D eigenvalue weighted by Crippen LogP contribution is 2.30. The number of aliphatic hydroxyl groups is 1. The Bertz CT molecular complexity index is 615. The van der Waals surface area contributed by atoms with Crippen LogP contribution in [-0.4, -0.2) is 37.5 Å². The summed E-state index contributed by atoms with van der Waals surface area (Å²) >= 11 is 0. The first kappa shape index (κ1) is 15.3. The molecule has 1 aliphatic carbocycles. The largest absolute Gasteiger partial charge is 0.393 e. The van der Waals surface area contributed by atoms with Crippen LogP contribution >= 0.6 is 0 Å². The fourth-order valence-electron chi connectivity index (χ4n) is 2.19. The summed E-state index contributed by atoms with van der Waals surface area (Å²) in [7, 11) is -2.99. The zero-order valence-electron chi connectivity index (χ0n) is 10.7. The van der Waals surface area contributed by atoms with Gasteiger partial charge < -0.3 is 5.11 Å². The van der Waals surface area contributed by atoms with Crippen molar-refractivity contribution in [3.05, 3.63) is 29.6 Å². The molecule has 0 saturated heterocycles. The number of hydrogen-bond donors (Lipinski definition) is 1. The third kappa shape index (κ3) is 2.68. The standard InChI is InChI=1S/C12H14F3NO3S/c1-16(6-7-4-8(17)5-7)20(18,19)10-3-2-9(13)11(14)12(10)15/h2-3,7-8,17H,4-6H2,1H3. The van der Waals surface area contributed by atoms with E-state index >= 15 is 0 Å². The number of sulfonamides is 1. The molecule has 1 aromatic rings. The molecule has 112 valence electrons. The fourth-order valence-corrected chi connectivity index (χ4v) is 3.49. The molecule has 0 amide bonds. The third-order valence-electron chi connectivity index (χ3n) is 3.41. The summed E-state index contributed by atoms with van der Waals surface area (Å²) in [6.45, 7) is 0.0951. The monoisotopic (exact) mass is 309 g/mol. The Morgan fingerprint density at radius 2 is 1.85 bits per heavy atom. The van der Waals surface area contributed by atoms with E-state index in [2.05, 4.69) is 0 Å². The van der Waals surface area contributed by atoms with Crippen molar-refractivity contribution in [2.45, 2.75) is 23.8 Å². The predicted octanol–water partition coefficient (Wildman–Crippen LogP) is 1.50. The third-order valence-corrected chi connectivity index (χ3v) is 5.25. The van der Waals surface area contributed by atoms with Crippen LogP contribution in [0.5, 0.6) is 0 Å². The quantitative estimate of drug-likeness (QED) is 0.858. The van der Waals surface area contributed by atoms with Crippen LogP contribution in [0.2, 0.25) is 0 Å². The van der Waals surface area contributed by atoms with Gasteiger partial charge in [0.2, 0.25) is 10.0 Å². The molecule has 0 spiro atoms. The summed E-state index contributed by atoms with van der Waals surface area (Å²) in [5, 5.41) is 9.14. The second-order valence-electron chi connectivity index (χ2n) is 4.95. The molecule has 1 aliphatic rings. The Labute approximate surface area is 114 Å². The predicted molar refractivity (Wildman–Crippen MR) is 64.9 cm³/mol. The van der Waals surface area contributed by atoms with E-state index in [9.17, 15) is 21.6 Å². The molecule has 0 radical (unpaired) electrons. The van der Waals surface area contributed by atoms with Crippen molar-refractivity contribution in [2.24, 2.45) is 5.92 Å². The van der Waals surface area contributed by atoms with Crippen LogP contribution in [0.3, 0.4) is 0 Å². The molecule has 4 nitrogen and oxygen atoms in total. The summed E-state index contributed by atoms with van der Waals surface area (Å²) in [6, 6.07) is 1.28. The maximum Gasteiger partial charge on any atom is 0.245 e. The second-order valence-corrected chi connectivity index (χ2v) is 6.96. The van der Waals surface area contributed by atoms with Gasteiger partial charge in [0.1, 0.15) is 4.90 Å². The Balaban J connectivity index is 2.24. The second kappa shape index (κ2) is 5.34. The van der Waals surface area contributed by atoms with E-state index in [1.54, 1.807) is 0 Å². The van der Waals surface area contributed by atoms with Crippen LogP contribution in [-0.2, 0) is 10.0 Å². The first-order valence-corrected chi connectivity index (χ1v) is 7.45. The highest BCUT2D eigenvalue weighted by molar-refractivity contribution is 7.89. The Morgan fingerprint density at radius 1 is 1.25 bits per heavy atom. The van der Waals surface area contributed by atoms with Crippen molar-refractivity contribution in [2.75, 3.05) is 13.6 Å². The van der Waals surface area contributed by atoms with Gasteiger partial charge >= 0.3 is 0 Å². The minimum Gasteiger partial charge on any atom is -0.393 e. The van der Waals surface area contributed by atoms with Crippen molar-refractivity contribution in [1.29, 1.82) is 0 Å². The molecular weight excluding hydrogens is 295 g/mol. The van der Waals surface area contributed by atoms with Crippen molar-refractivity contribution < 1.29 is 26.7 Å². The molecule has 0 bridgehead atoms. The maximum atomic E-state index is 13.6. The van der Waals surface area contributed by atoms with E-state index in [1.807, 2.05) is 0 Å². The molecule has 1 N–H and O–H groups in total. The number of aliphatic hydroxyl groups excluding tert-OH is 1. The van der Waals surface area contributed by atoms with Gasteiger partial charge in [0.15, 0.2) is 17.5 Å². The number of halogens is 3. The highest BCUT2D eigenvalue weighted by Gasteiger charge is 2.33. The average Bonchev–Trinajstić information content (AvgIpc) is 2.33. The lowest BCUT2D eigenvalue weighted by Crippen LogP contribution is -2.39. The van der Waals surface area contributed by atoms with Crippen LogP contribution in [0.1, 0.15) is 12.8 Å². The number of benzene rings is 1. The van der Waals surface area contributed by atoms with Gasteiger partial charge in [-0.1, -0.05) is 0 Å². The average molecular weight is 309 g/mol. The molecule has 0 heterocycles. The maximum absolute atomic E-state index is 13.6. The number of nitrogens with zero attached hydrogens (tertiary/aromatic N) is 1. The number of hydrogen-bond acceptors (Lipinski definition) is 3.